The van der Waals surface area contributed by atoms with Crippen molar-refractivity contribution in [1.82, 2.24) is 0 Å². The molecule has 3 heteroatoms. The van der Waals surface area contributed by atoms with E-state index in [1.54, 1.807) is 0 Å². The summed E-state index contributed by atoms with van der Waals surface area (Å²) in [5, 5.41) is 0. The zero-order valence-electron chi connectivity index (χ0n) is 11.2. The van der Waals surface area contributed by atoms with Gasteiger partial charge < -0.3 is 9.47 Å². The van der Waals surface area contributed by atoms with E-state index in [-0.39, 0.29) is 11.9 Å². The second kappa shape index (κ2) is 5.53. The van der Waals surface area contributed by atoms with E-state index >= 15 is 0 Å². The number of hydrogen-bond donors (Lipinski definition) is 0. The highest BCUT2D eigenvalue weighted by atomic mass is 16.5. The summed E-state index contributed by atoms with van der Waals surface area (Å²) in [6.45, 7) is 5.61. The SMILES string of the molecule is COC(=O)C(CC1COC1)c1cc(C)ccc1C. The molecule has 0 spiro atoms. The van der Waals surface area contributed by atoms with E-state index in [9.17, 15) is 4.79 Å². The van der Waals surface area contributed by atoms with Gasteiger partial charge in [-0.1, -0.05) is 23.8 Å². The number of methoxy groups -OCH3 is 1. The third kappa shape index (κ3) is 2.72. The normalized spacial score (nSPS) is 17.1. The molecule has 0 N–H and O–H groups in total. The second-order valence-corrected chi connectivity index (χ2v) is 5.07. The quantitative estimate of drug-likeness (QED) is 0.768. The summed E-state index contributed by atoms with van der Waals surface area (Å²) in [5.41, 5.74) is 3.42. The molecule has 2 rings (SSSR count). The minimum absolute atomic E-state index is 0.143. The molecule has 1 aliphatic heterocycles. The fourth-order valence-corrected chi connectivity index (χ4v) is 2.38. The molecule has 1 fully saturated rings. The van der Waals surface area contributed by atoms with Gasteiger partial charge in [0.25, 0.3) is 0 Å². The molecule has 18 heavy (non-hydrogen) atoms. The van der Waals surface area contributed by atoms with Crippen molar-refractivity contribution in [2.75, 3.05) is 20.3 Å². The number of hydrogen-bond acceptors (Lipinski definition) is 3. The van der Waals surface area contributed by atoms with Crippen molar-refractivity contribution < 1.29 is 14.3 Å². The monoisotopic (exact) mass is 248 g/mol. The predicted molar refractivity (Wildman–Crippen MR) is 69.6 cm³/mol. The minimum Gasteiger partial charge on any atom is -0.469 e. The Morgan fingerprint density at radius 1 is 1.44 bits per heavy atom. The van der Waals surface area contributed by atoms with E-state index in [2.05, 4.69) is 18.2 Å². The van der Waals surface area contributed by atoms with Gasteiger partial charge in [-0.2, -0.15) is 0 Å². The van der Waals surface area contributed by atoms with Crippen molar-refractivity contribution in [1.29, 1.82) is 0 Å². The lowest BCUT2D eigenvalue weighted by molar-refractivity contribution is -0.144. The Labute approximate surface area is 108 Å². The molecular formula is C15H20O3. The summed E-state index contributed by atoms with van der Waals surface area (Å²) in [6, 6.07) is 6.23. The average Bonchev–Trinajstić information content (AvgIpc) is 2.31. The molecule has 0 aromatic heterocycles. The number of carbonyl (C=O) groups excluding carboxylic acids is 1. The molecule has 1 unspecified atom stereocenters. The van der Waals surface area contributed by atoms with E-state index in [1.165, 1.54) is 12.7 Å². The van der Waals surface area contributed by atoms with Gasteiger partial charge in [-0.3, -0.25) is 4.79 Å². The lowest BCUT2D eigenvalue weighted by atomic mass is 9.85. The van der Waals surface area contributed by atoms with Gasteiger partial charge in [0, 0.05) is 5.92 Å². The molecular weight excluding hydrogens is 228 g/mol. The van der Waals surface area contributed by atoms with Crippen molar-refractivity contribution >= 4 is 5.97 Å². The molecule has 0 bridgehead atoms. The average molecular weight is 248 g/mol. The van der Waals surface area contributed by atoms with Crippen LogP contribution < -0.4 is 0 Å². The number of carbonyl (C=O) groups is 1. The Morgan fingerprint density at radius 2 is 2.17 bits per heavy atom. The number of rotatable bonds is 4. The van der Waals surface area contributed by atoms with E-state index in [0.29, 0.717) is 5.92 Å². The van der Waals surface area contributed by atoms with Crippen LogP contribution in [-0.4, -0.2) is 26.3 Å². The Balaban J connectivity index is 2.25. The van der Waals surface area contributed by atoms with Crippen LogP contribution in [0.5, 0.6) is 0 Å². The third-order valence-corrected chi connectivity index (χ3v) is 3.57. The highest BCUT2D eigenvalue weighted by Gasteiger charge is 2.30. The predicted octanol–water partition coefficient (Wildman–Crippen LogP) is 2.60. The second-order valence-electron chi connectivity index (χ2n) is 5.07. The molecule has 0 saturated carbocycles. The van der Waals surface area contributed by atoms with Crippen LogP contribution in [0.2, 0.25) is 0 Å². The molecule has 0 aliphatic carbocycles. The molecule has 1 atom stereocenters. The molecule has 3 nitrogen and oxygen atoms in total. The minimum atomic E-state index is -0.163. The van der Waals surface area contributed by atoms with Gasteiger partial charge >= 0.3 is 5.97 Å². The molecule has 1 heterocycles. The standard InChI is InChI=1S/C15H20O3/c1-10-4-5-11(2)13(6-10)14(15(16)17-3)7-12-8-18-9-12/h4-6,12,14H,7-9H2,1-3H3. The van der Waals surface area contributed by atoms with Gasteiger partial charge in [0.05, 0.1) is 26.2 Å². The van der Waals surface area contributed by atoms with E-state index in [4.69, 9.17) is 9.47 Å². The van der Waals surface area contributed by atoms with Crippen LogP contribution in [0.4, 0.5) is 0 Å². The Morgan fingerprint density at radius 3 is 2.72 bits per heavy atom. The summed E-state index contributed by atoms with van der Waals surface area (Å²) < 4.78 is 10.1. The molecule has 1 saturated heterocycles. The maximum atomic E-state index is 12.0. The largest absolute Gasteiger partial charge is 0.469 e. The van der Waals surface area contributed by atoms with Gasteiger partial charge in [0.2, 0.25) is 0 Å². The first kappa shape index (κ1) is 13.1. The molecule has 0 amide bonds. The maximum Gasteiger partial charge on any atom is 0.313 e. The fourth-order valence-electron chi connectivity index (χ4n) is 2.38. The van der Waals surface area contributed by atoms with Crippen molar-refractivity contribution in [2.45, 2.75) is 26.2 Å². The Kier molecular flexibility index (Phi) is 4.02. The number of esters is 1. The smallest absolute Gasteiger partial charge is 0.313 e. The van der Waals surface area contributed by atoms with E-state index < -0.39 is 0 Å². The van der Waals surface area contributed by atoms with Crippen LogP contribution in [0.3, 0.4) is 0 Å². The van der Waals surface area contributed by atoms with Crippen LogP contribution >= 0.6 is 0 Å². The molecule has 98 valence electrons. The van der Waals surface area contributed by atoms with Crippen LogP contribution in [0.1, 0.15) is 29.0 Å². The van der Waals surface area contributed by atoms with Gasteiger partial charge in [0.1, 0.15) is 0 Å². The highest BCUT2D eigenvalue weighted by Crippen LogP contribution is 2.31. The lowest BCUT2D eigenvalue weighted by Gasteiger charge is -2.29. The first-order valence-electron chi connectivity index (χ1n) is 6.34. The third-order valence-electron chi connectivity index (χ3n) is 3.57. The van der Waals surface area contributed by atoms with Gasteiger partial charge in [-0.15, -0.1) is 0 Å². The van der Waals surface area contributed by atoms with Crippen molar-refractivity contribution in [3.05, 3.63) is 34.9 Å². The van der Waals surface area contributed by atoms with Crippen molar-refractivity contribution in [2.24, 2.45) is 5.92 Å². The zero-order chi connectivity index (χ0) is 13.1. The topological polar surface area (TPSA) is 35.5 Å². The van der Waals surface area contributed by atoms with Crippen LogP contribution in [0, 0.1) is 19.8 Å². The number of ether oxygens (including phenoxy) is 2. The molecule has 1 aliphatic rings. The zero-order valence-corrected chi connectivity index (χ0v) is 11.2. The van der Waals surface area contributed by atoms with Crippen molar-refractivity contribution in [3.63, 3.8) is 0 Å². The lowest BCUT2D eigenvalue weighted by Crippen LogP contribution is -2.31. The summed E-state index contributed by atoms with van der Waals surface area (Å²) in [7, 11) is 1.46. The molecule has 0 radical (unpaired) electrons. The first-order valence-corrected chi connectivity index (χ1v) is 6.34. The summed E-state index contributed by atoms with van der Waals surface area (Å²) >= 11 is 0. The highest BCUT2D eigenvalue weighted by molar-refractivity contribution is 5.78. The van der Waals surface area contributed by atoms with Crippen molar-refractivity contribution in [3.8, 4) is 0 Å². The summed E-state index contributed by atoms with van der Waals surface area (Å²) in [6.07, 6.45) is 0.816. The van der Waals surface area contributed by atoms with Crippen LogP contribution in [-0.2, 0) is 14.3 Å². The summed E-state index contributed by atoms with van der Waals surface area (Å²) in [5.74, 6) is 0.174. The van der Waals surface area contributed by atoms with Gasteiger partial charge in [-0.25, -0.2) is 0 Å². The first-order chi connectivity index (χ1) is 8.61. The van der Waals surface area contributed by atoms with E-state index in [0.717, 1.165) is 30.8 Å². The Hall–Kier alpha value is -1.35. The maximum absolute atomic E-state index is 12.0. The fraction of sp³-hybridized carbons (Fsp3) is 0.533. The number of aryl methyl sites for hydroxylation is 2. The van der Waals surface area contributed by atoms with Crippen LogP contribution in [0.15, 0.2) is 18.2 Å². The van der Waals surface area contributed by atoms with E-state index in [1.807, 2.05) is 13.8 Å². The van der Waals surface area contributed by atoms with Crippen LogP contribution in [0.25, 0.3) is 0 Å². The van der Waals surface area contributed by atoms with Gasteiger partial charge in [0.15, 0.2) is 0 Å². The molecule has 1 aromatic rings. The van der Waals surface area contributed by atoms with Gasteiger partial charge in [-0.05, 0) is 31.4 Å². The Bertz CT molecular complexity index is 435. The summed E-state index contributed by atoms with van der Waals surface area (Å²) in [4.78, 5) is 12.0. The molecule has 1 aromatic carbocycles. The number of benzene rings is 1.